The fourth-order valence-corrected chi connectivity index (χ4v) is 4.23. The van der Waals surface area contributed by atoms with E-state index in [0.29, 0.717) is 12.1 Å². The van der Waals surface area contributed by atoms with E-state index in [1.54, 1.807) is 30.1 Å². The lowest BCUT2D eigenvalue weighted by molar-refractivity contribution is 0.0950. The number of aryl methyl sites for hydroxylation is 1. The summed E-state index contributed by atoms with van der Waals surface area (Å²) in [6.07, 6.45) is 4.99. The van der Waals surface area contributed by atoms with Crippen molar-refractivity contribution in [2.24, 2.45) is 7.05 Å². The molecule has 8 nitrogen and oxygen atoms in total. The van der Waals surface area contributed by atoms with Gasteiger partial charge in [0.2, 0.25) is 10.0 Å². The van der Waals surface area contributed by atoms with Gasteiger partial charge in [0.25, 0.3) is 5.91 Å². The highest BCUT2D eigenvalue weighted by atomic mass is 35.5. The molecular weight excluding hydrogens is 390 g/mol. The molecule has 0 atom stereocenters. The zero-order chi connectivity index (χ0) is 18.6. The molecule has 27 heavy (non-hydrogen) atoms. The summed E-state index contributed by atoms with van der Waals surface area (Å²) in [5, 5.41) is 10.0. The second-order valence-electron chi connectivity index (χ2n) is 6.38. The average Bonchev–Trinajstić information content (AvgIpc) is 3.05. The van der Waals surface area contributed by atoms with E-state index in [1.807, 2.05) is 6.20 Å². The quantitative estimate of drug-likeness (QED) is 0.649. The highest BCUT2D eigenvalue weighted by Gasteiger charge is 2.22. The Morgan fingerprint density at radius 3 is 2.74 bits per heavy atom. The number of piperidine rings is 1. The molecule has 0 spiro atoms. The highest BCUT2D eigenvalue weighted by Crippen LogP contribution is 2.14. The molecule has 1 aromatic carbocycles. The van der Waals surface area contributed by atoms with Gasteiger partial charge in [-0.3, -0.25) is 9.48 Å². The lowest BCUT2D eigenvalue weighted by Gasteiger charge is -2.23. The number of nitrogens with one attached hydrogen (secondary N) is 3. The second-order valence-corrected chi connectivity index (χ2v) is 8.09. The summed E-state index contributed by atoms with van der Waals surface area (Å²) in [5.74, 6) is -0.326. The number of hydrogen-bond donors (Lipinski definition) is 3. The third kappa shape index (κ3) is 5.77. The van der Waals surface area contributed by atoms with Gasteiger partial charge in [0.05, 0.1) is 11.1 Å². The topological polar surface area (TPSA) is 105 Å². The number of rotatable bonds is 6. The summed E-state index contributed by atoms with van der Waals surface area (Å²) in [6.45, 7) is 1.92. The Hall–Kier alpha value is -1.94. The van der Waals surface area contributed by atoms with Crippen molar-refractivity contribution in [2.45, 2.75) is 30.3 Å². The Labute approximate surface area is 165 Å². The van der Waals surface area contributed by atoms with E-state index in [4.69, 9.17) is 0 Å². The van der Waals surface area contributed by atoms with Gasteiger partial charge in [-0.05, 0) is 44.1 Å². The van der Waals surface area contributed by atoms with Crippen LogP contribution in [0.4, 0.5) is 0 Å². The molecule has 3 rings (SSSR count). The van der Waals surface area contributed by atoms with E-state index in [-0.39, 0.29) is 29.3 Å². The van der Waals surface area contributed by atoms with E-state index in [9.17, 15) is 13.2 Å². The Bertz CT molecular complexity index is 878. The largest absolute Gasteiger partial charge is 0.348 e. The van der Waals surface area contributed by atoms with Crippen LogP contribution in [0.2, 0.25) is 0 Å². The van der Waals surface area contributed by atoms with E-state index in [1.165, 1.54) is 12.1 Å². The number of aromatic nitrogens is 2. The minimum Gasteiger partial charge on any atom is -0.348 e. The Morgan fingerprint density at radius 1 is 1.33 bits per heavy atom. The van der Waals surface area contributed by atoms with Crippen LogP contribution < -0.4 is 15.4 Å². The van der Waals surface area contributed by atoms with Crippen LogP contribution in [-0.2, 0) is 23.6 Å². The van der Waals surface area contributed by atoms with Gasteiger partial charge in [-0.2, -0.15) is 5.10 Å². The first-order chi connectivity index (χ1) is 12.4. The summed E-state index contributed by atoms with van der Waals surface area (Å²) < 4.78 is 29.5. The van der Waals surface area contributed by atoms with Gasteiger partial charge in [0, 0.05) is 37.0 Å². The Balaban J connectivity index is 0.00000261. The third-order valence-electron chi connectivity index (χ3n) is 4.28. The van der Waals surface area contributed by atoms with Crippen molar-refractivity contribution >= 4 is 28.3 Å². The van der Waals surface area contributed by atoms with Crippen LogP contribution in [0.1, 0.15) is 28.8 Å². The van der Waals surface area contributed by atoms with Crippen molar-refractivity contribution in [3.8, 4) is 0 Å². The first kappa shape index (κ1) is 21.4. The molecule has 1 amide bonds. The molecule has 148 valence electrons. The molecule has 1 saturated heterocycles. The molecule has 0 aliphatic carbocycles. The number of carbonyl (C=O) groups excluding carboxylic acids is 1. The van der Waals surface area contributed by atoms with Crippen molar-refractivity contribution < 1.29 is 13.2 Å². The predicted molar refractivity (Wildman–Crippen MR) is 104 cm³/mol. The lowest BCUT2D eigenvalue weighted by Crippen LogP contribution is -2.42. The second kappa shape index (κ2) is 9.32. The normalized spacial score (nSPS) is 15.1. The molecule has 1 aliphatic rings. The zero-order valence-corrected chi connectivity index (χ0v) is 16.6. The molecule has 0 radical (unpaired) electrons. The number of nitrogens with zero attached hydrogens (tertiary/aromatic N) is 2. The van der Waals surface area contributed by atoms with Crippen molar-refractivity contribution in [3.05, 3.63) is 47.8 Å². The van der Waals surface area contributed by atoms with Crippen LogP contribution >= 0.6 is 12.4 Å². The van der Waals surface area contributed by atoms with Gasteiger partial charge in [0.1, 0.15) is 0 Å². The molecule has 10 heteroatoms. The predicted octanol–water partition coefficient (Wildman–Crippen LogP) is 0.802. The molecule has 0 unspecified atom stereocenters. The smallest absolute Gasteiger partial charge is 0.251 e. The molecule has 2 heterocycles. The average molecular weight is 414 g/mol. The standard InChI is InChI=1S/C17H23N5O3S.ClH/c1-22-12-13(11-20-22)10-19-17(23)14-3-2-4-16(9-14)26(24,25)21-15-5-7-18-8-6-15;/h2-4,9,11-12,15,18,21H,5-8,10H2,1H3,(H,19,23);1H. The summed E-state index contributed by atoms with van der Waals surface area (Å²) >= 11 is 0. The molecule has 1 aromatic heterocycles. The Morgan fingerprint density at radius 2 is 2.07 bits per heavy atom. The van der Waals surface area contributed by atoms with Crippen LogP contribution in [0.25, 0.3) is 0 Å². The Kier molecular flexibility index (Phi) is 7.37. The minimum absolute atomic E-state index is 0. The molecule has 0 saturated carbocycles. The molecular formula is C17H24ClN5O3S. The van der Waals surface area contributed by atoms with Crippen molar-refractivity contribution in [1.82, 2.24) is 25.1 Å². The fraction of sp³-hybridized carbons (Fsp3) is 0.412. The first-order valence-corrected chi connectivity index (χ1v) is 10.0. The van der Waals surface area contributed by atoms with Crippen molar-refractivity contribution in [2.75, 3.05) is 13.1 Å². The molecule has 2 aromatic rings. The number of benzene rings is 1. The summed E-state index contributed by atoms with van der Waals surface area (Å²) in [5.41, 5.74) is 1.18. The van der Waals surface area contributed by atoms with Gasteiger partial charge in [0.15, 0.2) is 0 Å². The fourth-order valence-electron chi connectivity index (χ4n) is 2.88. The summed E-state index contributed by atoms with van der Waals surface area (Å²) in [6, 6.07) is 6.01. The van der Waals surface area contributed by atoms with Crippen molar-refractivity contribution in [3.63, 3.8) is 0 Å². The van der Waals surface area contributed by atoms with E-state index >= 15 is 0 Å². The summed E-state index contributed by atoms with van der Waals surface area (Å²) in [4.78, 5) is 12.4. The molecule has 1 fully saturated rings. The molecule has 3 N–H and O–H groups in total. The van der Waals surface area contributed by atoms with Gasteiger partial charge < -0.3 is 10.6 Å². The van der Waals surface area contributed by atoms with Crippen molar-refractivity contribution in [1.29, 1.82) is 0 Å². The number of sulfonamides is 1. The van der Waals surface area contributed by atoms with Crippen LogP contribution in [-0.4, -0.2) is 43.2 Å². The molecule has 0 bridgehead atoms. The van der Waals surface area contributed by atoms with Gasteiger partial charge >= 0.3 is 0 Å². The maximum absolute atomic E-state index is 12.6. The van der Waals surface area contributed by atoms with Crippen LogP contribution in [0, 0.1) is 0 Å². The lowest BCUT2D eigenvalue weighted by atomic mass is 10.1. The van der Waals surface area contributed by atoms with Crippen LogP contribution in [0.5, 0.6) is 0 Å². The van der Waals surface area contributed by atoms with Crippen LogP contribution in [0.3, 0.4) is 0 Å². The first-order valence-electron chi connectivity index (χ1n) is 8.53. The maximum Gasteiger partial charge on any atom is 0.251 e. The number of carbonyl (C=O) groups is 1. The van der Waals surface area contributed by atoms with Crippen LogP contribution in [0.15, 0.2) is 41.6 Å². The van der Waals surface area contributed by atoms with E-state index in [0.717, 1.165) is 31.5 Å². The summed E-state index contributed by atoms with van der Waals surface area (Å²) in [7, 11) is -1.85. The number of hydrogen-bond acceptors (Lipinski definition) is 5. The van der Waals surface area contributed by atoms with E-state index in [2.05, 4.69) is 20.5 Å². The minimum atomic E-state index is -3.65. The highest BCUT2D eigenvalue weighted by molar-refractivity contribution is 7.89. The van der Waals surface area contributed by atoms with E-state index < -0.39 is 10.0 Å². The van der Waals surface area contributed by atoms with Gasteiger partial charge in [-0.15, -0.1) is 12.4 Å². The van der Waals surface area contributed by atoms with Gasteiger partial charge in [-0.25, -0.2) is 13.1 Å². The third-order valence-corrected chi connectivity index (χ3v) is 5.80. The number of amides is 1. The monoisotopic (exact) mass is 413 g/mol. The van der Waals surface area contributed by atoms with Gasteiger partial charge in [-0.1, -0.05) is 6.07 Å². The maximum atomic E-state index is 12.6. The zero-order valence-electron chi connectivity index (χ0n) is 15.0. The molecule has 1 aliphatic heterocycles. The SMILES string of the molecule is Cl.Cn1cc(CNC(=O)c2cccc(S(=O)(=O)NC3CCNCC3)c2)cn1. The number of halogens is 1.